The fraction of sp³-hybridized carbons (Fsp3) is 0.111. The number of phenolic OH excluding ortho intramolecular Hbond substituents is 4. The molecular formula is C9H9NO7. The van der Waals surface area contributed by atoms with Gasteiger partial charge in [0.25, 0.3) is 5.91 Å². The molecule has 0 saturated heterocycles. The molecule has 6 N–H and O–H groups in total. The van der Waals surface area contributed by atoms with Crippen LogP contribution in [0.1, 0.15) is 10.4 Å². The Bertz CT molecular complexity index is 483. The van der Waals surface area contributed by atoms with E-state index in [1.165, 1.54) is 0 Å². The second kappa shape index (κ2) is 4.47. The number of rotatable bonds is 3. The highest BCUT2D eigenvalue weighted by Crippen LogP contribution is 2.43. The van der Waals surface area contributed by atoms with Crippen molar-refractivity contribution in [3.05, 3.63) is 11.6 Å². The van der Waals surface area contributed by atoms with Gasteiger partial charge in [0.05, 0.1) is 5.56 Å². The third kappa shape index (κ3) is 2.48. The van der Waals surface area contributed by atoms with Gasteiger partial charge < -0.3 is 30.8 Å². The Morgan fingerprint density at radius 3 is 2.18 bits per heavy atom. The highest BCUT2D eigenvalue weighted by atomic mass is 16.4. The lowest BCUT2D eigenvalue weighted by Crippen LogP contribution is -2.29. The van der Waals surface area contributed by atoms with Crippen LogP contribution in [0.25, 0.3) is 0 Å². The fourth-order valence-electron chi connectivity index (χ4n) is 1.06. The van der Waals surface area contributed by atoms with Crippen LogP contribution in [-0.2, 0) is 4.79 Å². The van der Waals surface area contributed by atoms with Gasteiger partial charge in [0, 0.05) is 6.07 Å². The lowest BCUT2D eigenvalue weighted by Gasteiger charge is -2.08. The van der Waals surface area contributed by atoms with Crippen LogP contribution in [0.2, 0.25) is 0 Å². The number of hydrogen-bond acceptors (Lipinski definition) is 6. The number of nitrogens with one attached hydrogen (secondary N) is 1. The minimum Gasteiger partial charge on any atom is -0.504 e. The van der Waals surface area contributed by atoms with E-state index in [1.807, 2.05) is 5.32 Å². The first-order chi connectivity index (χ1) is 7.84. The lowest BCUT2D eigenvalue weighted by molar-refractivity contribution is -0.135. The predicted octanol–water partition coefficient (Wildman–Crippen LogP) is -0.677. The highest BCUT2D eigenvalue weighted by Gasteiger charge is 2.21. The van der Waals surface area contributed by atoms with Crippen molar-refractivity contribution in [2.75, 3.05) is 6.54 Å². The molecule has 0 radical (unpaired) electrons. The Labute approximate surface area is 94.4 Å². The van der Waals surface area contributed by atoms with Crippen molar-refractivity contribution in [2.24, 2.45) is 0 Å². The summed E-state index contributed by atoms with van der Waals surface area (Å²) in [5.74, 6) is -6.13. The maximum absolute atomic E-state index is 11.3. The van der Waals surface area contributed by atoms with E-state index in [9.17, 15) is 14.7 Å². The zero-order chi connectivity index (χ0) is 13.2. The molecule has 1 aromatic carbocycles. The van der Waals surface area contributed by atoms with Crippen LogP contribution in [0, 0.1) is 0 Å². The molecule has 1 amide bonds. The number of hydrogen-bond donors (Lipinski definition) is 6. The van der Waals surface area contributed by atoms with Crippen LogP contribution in [0.5, 0.6) is 23.0 Å². The van der Waals surface area contributed by atoms with E-state index in [0.717, 1.165) is 0 Å². The Balaban J connectivity index is 3.06. The molecule has 0 bridgehead atoms. The normalized spacial score (nSPS) is 9.88. The number of aromatic hydroxyl groups is 4. The zero-order valence-corrected chi connectivity index (χ0v) is 8.34. The van der Waals surface area contributed by atoms with Crippen LogP contribution in [0.15, 0.2) is 6.07 Å². The molecule has 0 unspecified atom stereocenters. The molecule has 17 heavy (non-hydrogen) atoms. The second-order valence-corrected chi connectivity index (χ2v) is 3.07. The van der Waals surface area contributed by atoms with Gasteiger partial charge in [0.2, 0.25) is 11.5 Å². The topological polar surface area (TPSA) is 147 Å². The highest BCUT2D eigenvalue weighted by molar-refractivity contribution is 5.99. The Morgan fingerprint density at radius 1 is 1.06 bits per heavy atom. The van der Waals surface area contributed by atoms with Gasteiger partial charge in [-0.2, -0.15) is 0 Å². The Kier molecular flexibility index (Phi) is 3.27. The third-order valence-electron chi connectivity index (χ3n) is 1.87. The summed E-state index contributed by atoms with van der Waals surface area (Å²) < 4.78 is 0. The van der Waals surface area contributed by atoms with E-state index in [2.05, 4.69) is 0 Å². The molecule has 0 atom stereocenters. The molecule has 0 spiro atoms. The summed E-state index contributed by atoms with van der Waals surface area (Å²) >= 11 is 0. The smallest absolute Gasteiger partial charge is 0.322 e. The lowest BCUT2D eigenvalue weighted by atomic mass is 10.1. The van der Waals surface area contributed by atoms with E-state index in [4.69, 9.17) is 20.4 Å². The number of benzene rings is 1. The largest absolute Gasteiger partial charge is 0.504 e. The van der Waals surface area contributed by atoms with Crippen molar-refractivity contribution in [1.82, 2.24) is 5.32 Å². The van der Waals surface area contributed by atoms with Crippen molar-refractivity contribution in [1.29, 1.82) is 0 Å². The van der Waals surface area contributed by atoms with Gasteiger partial charge in [0.1, 0.15) is 6.54 Å². The maximum atomic E-state index is 11.3. The summed E-state index contributed by atoms with van der Waals surface area (Å²) in [5.41, 5.74) is -0.556. The van der Waals surface area contributed by atoms with E-state index < -0.39 is 47.0 Å². The molecule has 0 heterocycles. The maximum Gasteiger partial charge on any atom is 0.322 e. The summed E-state index contributed by atoms with van der Waals surface area (Å²) in [6.07, 6.45) is 0. The minimum absolute atomic E-state index is 0.556. The van der Waals surface area contributed by atoms with Crippen LogP contribution in [-0.4, -0.2) is 44.0 Å². The molecule has 1 aromatic rings. The SMILES string of the molecule is O=C(O)CNC(=O)c1cc(O)c(O)c(O)c1O. The Hall–Kier alpha value is -2.64. The van der Waals surface area contributed by atoms with E-state index >= 15 is 0 Å². The van der Waals surface area contributed by atoms with Crippen LogP contribution in [0.3, 0.4) is 0 Å². The number of carboxylic acids is 1. The van der Waals surface area contributed by atoms with Crippen molar-refractivity contribution in [3.63, 3.8) is 0 Å². The number of aliphatic carboxylic acids is 1. The molecule has 1 rings (SSSR count). The summed E-state index contributed by atoms with van der Waals surface area (Å²) in [6.45, 7) is -0.694. The van der Waals surface area contributed by atoms with Crippen molar-refractivity contribution in [3.8, 4) is 23.0 Å². The molecule has 0 aliphatic heterocycles. The quantitative estimate of drug-likeness (QED) is 0.304. The summed E-state index contributed by atoms with van der Waals surface area (Å²) in [5, 5.41) is 46.8. The van der Waals surface area contributed by atoms with E-state index in [0.29, 0.717) is 6.07 Å². The van der Waals surface area contributed by atoms with Gasteiger partial charge in [-0.15, -0.1) is 0 Å². The molecule has 0 aliphatic carbocycles. The van der Waals surface area contributed by atoms with Crippen molar-refractivity contribution < 1.29 is 35.1 Å². The second-order valence-electron chi connectivity index (χ2n) is 3.07. The van der Waals surface area contributed by atoms with Gasteiger partial charge in [-0.25, -0.2) is 0 Å². The molecule has 8 heteroatoms. The number of carbonyl (C=O) groups excluding carboxylic acids is 1. The molecule has 0 saturated carbocycles. The molecule has 0 fully saturated rings. The molecule has 0 aliphatic rings. The first-order valence-corrected chi connectivity index (χ1v) is 4.31. The number of amides is 1. The van der Waals surface area contributed by atoms with Gasteiger partial charge in [-0.1, -0.05) is 0 Å². The van der Waals surface area contributed by atoms with Crippen LogP contribution >= 0.6 is 0 Å². The summed E-state index contributed by atoms with van der Waals surface area (Å²) in [6, 6.07) is 0.696. The number of phenols is 4. The average Bonchev–Trinajstić information content (AvgIpc) is 2.28. The zero-order valence-electron chi connectivity index (χ0n) is 8.34. The molecule has 0 aromatic heterocycles. The van der Waals surface area contributed by atoms with Crippen LogP contribution < -0.4 is 5.32 Å². The minimum atomic E-state index is -1.30. The third-order valence-corrected chi connectivity index (χ3v) is 1.87. The monoisotopic (exact) mass is 243 g/mol. The van der Waals surface area contributed by atoms with E-state index in [-0.39, 0.29) is 0 Å². The average molecular weight is 243 g/mol. The van der Waals surface area contributed by atoms with Crippen molar-refractivity contribution >= 4 is 11.9 Å². The van der Waals surface area contributed by atoms with Gasteiger partial charge >= 0.3 is 5.97 Å². The Morgan fingerprint density at radius 2 is 1.65 bits per heavy atom. The van der Waals surface area contributed by atoms with Crippen LogP contribution in [0.4, 0.5) is 0 Å². The molecule has 92 valence electrons. The fourth-order valence-corrected chi connectivity index (χ4v) is 1.06. The summed E-state index contributed by atoms with van der Waals surface area (Å²) in [7, 11) is 0. The van der Waals surface area contributed by atoms with E-state index in [1.54, 1.807) is 0 Å². The predicted molar refractivity (Wildman–Crippen MR) is 53.1 cm³/mol. The standard InChI is InChI=1S/C9H9NO7/c11-4-1-3(6(14)8(16)7(4)15)9(17)10-2-5(12)13/h1,11,14-16H,2H2,(H,10,17)(H,12,13). The van der Waals surface area contributed by atoms with Gasteiger partial charge in [0.15, 0.2) is 11.5 Å². The number of carbonyl (C=O) groups is 2. The van der Waals surface area contributed by atoms with Crippen molar-refractivity contribution in [2.45, 2.75) is 0 Å². The molecular weight excluding hydrogens is 234 g/mol. The first kappa shape index (κ1) is 12.4. The molecule has 8 nitrogen and oxygen atoms in total. The first-order valence-electron chi connectivity index (χ1n) is 4.31. The summed E-state index contributed by atoms with van der Waals surface area (Å²) in [4.78, 5) is 21.5. The van der Waals surface area contributed by atoms with Gasteiger partial charge in [-0.05, 0) is 0 Å². The number of carboxylic acid groups (broad SMARTS) is 1. The van der Waals surface area contributed by atoms with Gasteiger partial charge in [-0.3, -0.25) is 9.59 Å².